The molecule has 1 fully saturated rings. The third-order valence-electron chi connectivity index (χ3n) is 5.35. The Hall–Kier alpha value is -1.91. The Labute approximate surface area is 143 Å². The highest BCUT2D eigenvalue weighted by Crippen LogP contribution is 2.33. The van der Waals surface area contributed by atoms with Gasteiger partial charge in [-0.25, -0.2) is 0 Å². The molecule has 1 atom stereocenters. The molecular weight excluding hydrogens is 300 g/mol. The molecule has 1 aromatic carbocycles. The van der Waals surface area contributed by atoms with Gasteiger partial charge >= 0.3 is 0 Å². The highest BCUT2D eigenvalue weighted by molar-refractivity contribution is 5.35. The number of benzene rings is 1. The van der Waals surface area contributed by atoms with E-state index in [1.165, 1.54) is 5.56 Å². The predicted octanol–water partition coefficient (Wildman–Crippen LogP) is 2.76. The first kappa shape index (κ1) is 15.6. The number of aryl methyl sites for hydroxylation is 1. The van der Waals surface area contributed by atoms with Crippen molar-refractivity contribution < 1.29 is 9.84 Å². The van der Waals surface area contributed by atoms with Crippen molar-refractivity contribution >= 4 is 0 Å². The Morgan fingerprint density at radius 1 is 1.17 bits per heavy atom. The Kier molecular flexibility index (Phi) is 4.25. The van der Waals surface area contributed by atoms with Gasteiger partial charge in [-0.2, -0.15) is 0 Å². The van der Waals surface area contributed by atoms with E-state index in [1.807, 2.05) is 18.2 Å². The second-order valence-electron chi connectivity index (χ2n) is 6.96. The number of pyridine rings is 1. The Morgan fingerprint density at radius 2 is 2.00 bits per heavy atom. The molecule has 1 saturated heterocycles. The molecule has 4 nitrogen and oxygen atoms in total. The molecule has 1 N–H and O–H groups in total. The summed E-state index contributed by atoms with van der Waals surface area (Å²) in [5.74, 6) is 1.04. The Morgan fingerprint density at radius 3 is 2.79 bits per heavy atom. The van der Waals surface area contributed by atoms with E-state index < -0.39 is 5.60 Å². The summed E-state index contributed by atoms with van der Waals surface area (Å²) >= 11 is 0. The summed E-state index contributed by atoms with van der Waals surface area (Å²) in [5.41, 5.74) is 1.52. The second-order valence-corrected chi connectivity index (χ2v) is 6.96. The van der Waals surface area contributed by atoms with E-state index in [1.54, 1.807) is 12.4 Å². The van der Waals surface area contributed by atoms with E-state index in [-0.39, 0.29) is 6.10 Å². The number of hydrogen-bond acceptors (Lipinski definition) is 4. The molecule has 4 heteroatoms. The van der Waals surface area contributed by atoms with Crippen molar-refractivity contribution in [3.63, 3.8) is 0 Å². The molecule has 0 radical (unpaired) electrons. The topological polar surface area (TPSA) is 45.6 Å². The minimum absolute atomic E-state index is 0.254. The molecule has 4 rings (SSSR count). The summed E-state index contributed by atoms with van der Waals surface area (Å²) in [7, 11) is 0. The van der Waals surface area contributed by atoms with Crippen molar-refractivity contribution in [2.24, 2.45) is 0 Å². The molecule has 0 saturated carbocycles. The van der Waals surface area contributed by atoms with Gasteiger partial charge in [0.05, 0.1) is 5.60 Å². The van der Waals surface area contributed by atoms with Crippen LogP contribution in [0.15, 0.2) is 48.8 Å². The number of hydrogen-bond donors (Lipinski definition) is 1. The van der Waals surface area contributed by atoms with Crippen LogP contribution in [0.4, 0.5) is 0 Å². The fourth-order valence-electron chi connectivity index (χ4n) is 3.83. The largest absolute Gasteiger partial charge is 0.489 e. The van der Waals surface area contributed by atoms with Gasteiger partial charge in [0.15, 0.2) is 0 Å². The summed E-state index contributed by atoms with van der Waals surface area (Å²) < 4.78 is 6.16. The van der Waals surface area contributed by atoms with Gasteiger partial charge < -0.3 is 9.84 Å². The molecule has 1 unspecified atom stereocenters. The lowest BCUT2D eigenvalue weighted by Gasteiger charge is -2.40. The van der Waals surface area contributed by atoms with Crippen LogP contribution >= 0.6 is 0 Å². The number of aromatic nitrogens is 1. The van der Waals surface area contributed by atoms with E-state index in [4.69, 9.17) is 4.74 Å². The molecule has 0 spiro atoms. The minimum Gasteiger partial charge on any atom is -0.489 e. The molecule has 1 aromatic heterocycles. The van der Waals surface area contributed by atoms with Crippen molar-refractivity contribution in [2.45, 2.75) is 37.4 Å². The summed E-state index contributed by atoms with van der Waals surface area (Å²) in [5, 5.41) is 10.9. The number of likely N-dealkylation sites (tertiary alicyclic amines) is 1. The molecule has 0 bridgehead atoms. The average Bonchev–Trinajstić information content (AvgIpc) is 2.64. The maximum absolute atomic E-state index is 10.9. The number of nitrogens with zero attached hydrogens (tertiary/aromatic N) is 2. The maximum atomic E-state index is 10.9. The fourth-order valence-corrected chi connectivity index (χ4v) is 3.83. The van der Waals surface area contributed by atoms with Gasteiger partial charge in [0.2, 0.25) is 0 Å². The van der Waals surface area contributed by atoms with Crippen LogP contribution in [0, 0.1) is 0 Å². The lowest BCUT2D eigenvalue weighted by Crippen LogP contribution is -2.46. The molecule has 3 heterocycles. The van der Waals surface area contributed by atoms with Crippen LogP contribution in [-0.2, 0) is 12.0 Å². The molecule has 2 aliphatic heterocycles. The van der Waals surface area contributed by atoms with Crippen molar-refractivity contribution in [3.8, 4) is 5.75 Å². The summed E-state index contributed by atoms with van der Waals surface area (Å²) in [6.45, 7) is 2.73. The van der Waals surface area contributed by atoms with Crippen molar-refractivity contribution in [3.05, 3.63) is 59.9 Å². The van der Waals surface area contributed by atoms with Crippen LogP contribution in [0.5, 0.6) is 5.75 Å². The number of aliphatic hydroxyl groups is 1. The Bertz CT molecular complexity index is 681. The van der Waals surface area contributed by atoms with Gasteiger partial charge in [-0.15, -0.1) is 0 Å². The predicted molar refractivity (Wildman–Crippen MR) is 93.0 cm³/mol. The summed E-state index contributed by atoms with van der Waals surface area (Å²) in [6, 6.07) is 12.2. The first-order valence-electron chi connectivity index (χ1n) is 8.83. The van der Waals surface area contributed by atoms with E-state index in [9.17, 15) is 5.11 Å². The SMILES string of the molecule is OC1(c2cccnc2)CCN(CC2CCc3ccccc3O2)CC1. The molecule has 2 aromatic rings. The zero-order chi connectivity index (χ0) is 16.4. The number of piperidine rings is 1. The van der Waals surface area contributed by atoms with E-state index in [2.05, 4.69) is 28.1 Å². The van der Waals surface area contributed by atoms with Crippen LogP contribution < -0.4 is 4.74 Å². The Balaban J connectivity index is 1.34. The summed E-state index contributed by atoms with van der Waals surface area (Å²) in [4.78, 5) is 6.57. The van der Waals surface area contributed by atoms with E-state index in [0.29, 0.717) is 0 Å². The highest BCUT2D eigenvalue weighted by Gasteiger charge is 2.35. The van der Waals surface area contributed by atoms with Crippen LogP contribution in [0.25, 0.3) is 0 Å². The van der Waals surface area contributed by atoms with Crippen LogP contribution in [0.1, 0.15) is 30.4 Å². The van der Waals surface area contributed by atoms with Crippen LogP contribution in [0.2, 0.25) is 0 Å². The first-order chi connectivity index (χ1) is 11.7. The third kappa shape index (κ3) is 3.17. The normalized spacial score (nSPS) is 23.3. The van der Waals surface area contributed by atoms with Gasteiger partial charge in [0.1, 0.15) is 11.9 Å². The van der Waals surface area contributed by atoms with E-state index >= 15 is 0 Å². The number of ether oxygens (including phenoxy) is 1. The van der Waals surface area contributed by atoms with Gasteiger partial charge in [0.25, 0.3) is 0 Å². The van der Waals surface area contributed by atoms with Crippen LogP contribution in [-0.4, -0.2) is 40.7 Å². The number of para-hydroxylation sites is 1. The molecule has 126 valence electrons. The van der Waals surface area contributed by atoms with Crippen molar-refractivity contribution in [1.82, 2.24) is 9.88 Å². The highest BCUT2D eigenvalue weighted by atomic mass is 16.5. The van der Waals surface area contributed by atoms with Gasteiger partial charge in [0, 0.05) is 37.6 Å². The minimum atomic E-state index is -0.731. The van der Waals surface area contributed by atoms with Crippen LogP contribution in [0.3, 0.4) is 0 Å². The third-order valence-corrected chi connectivity index (χ3v) is 5.35. The number of rotatable bonds is 3. The molecule has 0 amide bonds. The van der Waals surface area contributed by atoms with Gasteiger partial charge in [-0.3, -0.25) is 9.88 Å². The average molecular weight is 324 g/mol. The van der Waals surface area contributed by atoms with Gasteiger partial charge in [-0.05, 0) is 43.4 Å². The molecular formula is C20H24N2O2. The number of fused-ring (bicyclic) bond motifs is 1. The van der Waals surface area contributed by atoms with E-state index in [0.717, 1.165) is 56.6 Å². The molecule has 24 heavy (non-hydrogen) atoms. The van der Waals surface area contributed by atoms with Gasteiger partial charge in [-0.1, -0.05) is 24.3 Å². The quantitative estimate of drug-likeness (QED) is 0.943. The smallest absolute Gasteiger partial charge is 0.122 e. The first-order valence-corrected chi connectivity index (χ1v) is 8.83. The molecule has 0 aliphatic carbocycles. The second kappa shape index (κ2) is 6.54. The lowest BCUT2D eigenvalue weighted by atomic mass is 9.85. The molecule has 2 aliphatic rings. The fraction of sp³-hybridized carbons (Fsp3) is 0.450. The lowest BCUT2D eigenvalue weighted by molar-refractivity contribution is -0.0338. The summed E-state index contributed by atoms with van der Waals surface area (Å²) in [6.07, 6.45) is 7.46. The maximum Gasteiger partial charge on any atom is 0.122 e. The van der Waals surface area contributed by atoms with Crippen molar-refractivity contribution in [2.75, 3.05) is 19.6 Å². The standard InChI is InChI=1S/C20H24N2O2/c23-20(17-5-3-11-21-14-17)9-12-22(13-10-20)15-18-8-7-16-4-1-2-6-19(16)24-18/h1-6,11,14,18,23H,7-10,12-13,15H2. The zero-order valence-electron chi connectivity index (χ0n) is 13.9. The zero-order valence-corrected chi connectivity index (χ0v) is 13.9. The van der Waals surface area contributed by atoms with Crippen molar-refractivity contribution in [1.29, 1.82) is 0 Å². The monoisotopic (exact) mass is 324 g/mol.